The summed E-state index contributed by atoms with van der Waals surface area (Å²) in [5.41, 5.74) is -0.456. The second kappa shape index (κ2) is 7.39. The van der Waals surface area contributed by atoms with Crippen LogP contribution in [-0.4, -0.2) is 25.5 Å². The predicted molar refractivity (Wildman–Crippen MR) is 72.0 cm³/mol. The molecule has 0 aromatic rings. The third kappa shape index (κ3) is 6.62. The Morgan fingerprint density at radius 1 is 1.22 bits per heavy atom. The molecule has 0 aliphatic carbocycles. The van der Waals surface area contributed by atoms with Gasteiger partial charge in [-0.2, -0.15) is 0 Å². The summed E-state index contributed by atoms with van der Waals surface area (Å²) in [6.07, 6.45) is 1.03. The monoisotopic (exact) mass is 257 g/mol. The van der Waals surface area contributed by atoms with Crippen LogP contribution in [-0.2, 0) is 14.3 Å². The van der Waals surface area contributed by atoms with Crippen molar-refractivity contribution in [3.8, 4) is 0 Å². The molecule has 0 saturated heterocycles. The molecule has 0 aliphatic rings. The number of rotatable bonds is 7. The fraction of sp³-hybridized carbons (Fsp3) is 0.857. The van der Waals surface area contributed by atoms with Crippen LogP contribution in [0.3, 0.4) is 0 Å². The molecule has 106 valence electrons. The Morgan fingerprint density at radius 2 is 1.78 bits per heavy atom. The average Bonchev–Trinajstić information content (AvgIpc) is 2.24. The van der Waals surface area contributed by atoms with E-state index in [1.165, 1.54) is 7.11 Å². The van der Waals surface area contributed by atoms with Gasteiger partial charge in [-0.1, -0.05) is 34.6 Å². The largest absolute Gasteiger partial charge is 0.469 e. The number of amides is 1. The molecule has 1 N–H and O–H groups in total. The van der Waals surface area contributed by atoms with Gasteiger partial charge in [0.15, 0.2) is 0 Å². The van der Waals surface area contributed by atoms with Crippen LogP contribution < -0.4 is 5.32 Å². The Labute approximate surface area is 110 Å². The summed E-state index contributed by atoms with van der Waals surface area (Å²) in [6.45, 7) is 10.6. The molecule has 1 atom stereocenters. The lowest BCUT2D eigenvalue weighted by Gasteiger charge is -2.27. The number of ether oxygens (including phenoxy) is 1. The summed E-state index contributed by atoms with van der Waals surface area (Å²) in [5.74, 6) is 0.406. The highest BCUT2D eigenvalue weighted by Crippen LogP contribution is 2.27. The van der Waals surface area contributed by atoms with E-state index in [1.54, 1.807) is 0 Å². The second-order valence-corrected chi connectivity index (χ2v) is 6.08. The van der Waals surface area contributed by atoms with Crippen molar-refractivity contribution in [1.82, 2.24) is 5.32 Å². The molecule has 1 amide bonds. The number of methoxy groups -OCH3 is 1. The van der Waals surface area contributed by atoms with Crippen molar-refractivity contribution < 1.29 is 14.3 Å². The molecule has 0 heterocycles. The summed E-state index contributed by atoms with van der Waals surface area (Å²) >= 11 is 0. The first-order valence-corrected chi connectivity index (χ1v) is 6.54. The lowest BCUT2D eigenvalue weighted by Crippen LogP contribution is -2.39. The summed E-state index contributed by atoms with van der Waals surface area (Å²) in [6, 6.07) is 0. The molecule has 0 aromatic carbocycles. The lowest BCUT2D eigenvalue weighted by molar-refractivity contribution is -0.142. The van der Waals surface area contributed by atoms with Crippen LogP contribution in [0.2, 0.25) is 0 Å². The van der Waals surface area contributed by atoms with Crippen molar-refractivity contribution in [2.24, 2.45) is 17.3 Å². The number of esters is 1. The molecule has 18 heavy (non-hydrogen) atoms. The third-order valence-corrected chi connectivity index (χ3v) is 2.89. The van der Waals surface area contributed by atoms with Gasteiger partial charge in [0.25, 0.3) is 0 Å². The summed E-state index contributed by atoms with van der Waals surface area (Å²) in [4.78, 5) is 23.2. The number of nitrogens with one attached hydrogen (secondary N) is 1. The van der Waals surface area contributed by atoms with Crippen molar-refractivity contribution in [2.45, 2.75) is 47.5 Å². The first-order chi connectivity index (χ1) is 8.19. The number of carbonyl (C=O) groups excluding carboxylic acids is 2. The smallest absolute Gasteiger partial charge is 0.305 e. The normalized spacial score (nSPS) is 13.3. The zero-order chi connectivity index (χ0) is 14.3. The van der Waals surface area contributed by atoms with Gasteiger partial charge in [0.2, 0.25) is 5.91 Å². The Hall–Kier alpha value is -1.06. The molecule has 0 bridgehead atoms. The van der Waals surface area contributed by atoms with Gasteiger partial charge in [-0.15, -0.1) is 0 Å². The van der Waals surface area contributed by atoms with Crippen LogP contribution in [0.15, 0.2) is 0 Å². The van der Waals surface area contributed by atoms with Gasteiger partial charge >= 0.3 is 5.97 Å². The topological polar surface area (TPSA) is 55.4 Å². The Balaban J connectivity index is 4.27. The molecule has 0 aromatic heterocycles. The Kier molecular flexibility index (Phi) is 6.96. The van der Waals surface area contributed by atoms with Crippen LogP contribution in [0.4, 0.5) is 0 Å². The molecule has 4 nitrogen and oxygen atoms in total. The zero-order valence-corrected chi connectivity index (χ0v) is 12.5. The molecule has 0 aliphatic heterocycles. The Morgan fingerprint density at radius 3 is 2.22 bits per heavy atom. The molecule has 4 heteroatoms. The molecule has 0 radical (unpaired) electrons. The minimum absolute atomic E-state index is 0.0490. The van der Waals surface area contributed by atoms with E-state index in [1.807, 2.05) is 20.8 Å². The quantitative estimate of drug-likeness (QED) is 0.712. The van der Waals surface area contributed by atoms with Crippen molar-refractivity contribution in [2.75, 3.05) is 13.7 Å². The highest BCUT2D eigenvalue weighted by atomic mass is 16.5. The van der Waals surface area contributed by atoms with Crippen LogP contribution in [0.1, 0.15) is 47.5 Å². The van der Waals surface area contributed by atoms with Crippen molar-refractivity contribution >= 4 is 11.9 Å². The Bertz CT molecular complexity index is 285. The molecular weight excluding hydrogens is 230 g/mol. The van der Waals surface area contributed by atoms with Crippen molar-refractivity contribution in [3.63, 3.8) is 0 Å². The van der Waals surface area contributed by atoms with Crippen LogP contribution in [0.25, 0.3) is 0 Å². The van der Waals surface area contributed by atoms with E-state index in [0.717, 1.165) is 0 Å². The van der Waals surface area contributed by atoms with Gasteiger partial charge in [-0.05, 0) is 18.3 Å². The van der Waals surface area contributed by atoms with E-state index in [9.17, 15) is 9.59 Å². The summed E-state index contributed by atoms with van der Waals surface area (Å²) in [5, 5.41) is 2.94. The van der Waals surface area contributed by atoms with Gasteiger partial charge in [-0.3, -0.25) is 9.59 Å². The first-order valence-electron chi connectivity index (χ1n) is 6.54. The summed E-state index contributed by atoms with van der Waals surface area (Å²) in [7, 11) is 1.38. The van der Waals surface area contributed by atoms with Gasteiger partial charge in [0.1, 0.15) is 0 Å². The number of hydrogen-bond donors (Lipinski definition) is 1. The molecule has 0 spiro atoms. The minimum Gasteiger partial charge on any atom is -0.469 e. The predicted octanol–water partition coefficient (Wildman–Crippen LogP) is 2.37. The van der Waals surface area contributed by atoms with Crippen molar-refractivity contribution in [3.05, 3.63) is 0 Å². The third-order valence-electron chi connectivity index (χ3n) is 2.89. The van der Waals surface area contributed by atoms with E-state index < -0.39 is 5.41 Å². The fourth-order valence-corrected chi connectivity index (χ4v) is 1.94. The van der Waals surface area contributed by atoms with E-state index in [4.69, 9.17) is 0 Å². The average molecular weight is 257 g/mol. The zero-order valence-electron chi connectivity index (χ0n) is 12.5. The molecular formula is C14H27NO3. The van der Waals surface area contributed by atoms with E-state index in [0.29, 0.717) is 25.3 Å². The second-order valence-electron chi connectivity index (χ2n) is 6.08. The van der Waals surface area contributed by atoms with E-state index in [2.05, 4.69) is 23.9 Å². The van der Waals surface area contributed by atoms with Crippen LogP contribution in [0.5, 0.6) is 0 Å². The molecule has 0 rings (SSSR count). The van der Waals surface area contributed by atoms with Crippen LogP contribution in [0, 0.1) is 17.3 Å². The summed E-state index contributed by atoms with van der Waals surface area (Å²) < 4.78 is 4.64. The lowest BCUT2D eigenvalue weighted by atomic mass is 9.81. The van der Waals surface area contributed by atoms with E-state index >= 15 is 0 Å². The standard InChI is InChI=1S/C14H27NO3/c1-10(2)9-15-13(17)14(4,5)8-11(3)7-12(16)18-6/h10-11H,7-9H2,1-6H3,(H,15,17). The van der Waals surface area contributed by atoms with Crippen molar-refractivity contribution in [1.29, 1.82) is 0 Å². The number of carbonyl (C=O) groups is 2. The molecule has 1 unspecified atom stereocenters. The molecule has 0 saturated carbocycles. The highest BCUT2D eigenvalue weighted by molar-refractivity contribution is 5.81. The maximum absolute atomic E-state index is 12.0. The fourth-order valence-electron chi connectivity index (χ4n) is 1.94. The van der Waals surface area contributed by atoms with Gasteiger partial charge in [-0.25, -0.2) is 0 Å². The highest BCUT2D eigenvalue weighted by Gasteiger charge is 2.30. The van der Waals surface area contributed by atoms with Gasteiger partial charge in [0.05, 0.1) is 7.11 Å². The SMILES string of the molecule is COC(=O)CC(C)CC(C)(C)C(=O)NCC(C)C. The van der Waals surface area contributed by atoms with Crippen LogP contribution >= 0.6 is 0 Å². The van der Waals surface area contributed by atoms with E-state index in [-0.39, 0.29) is 17.8 Å². The first kappa shape index (κ1) is 16.9. The maximum Gasteiger partial charge on any atom is 0.305 e. The number of hydrogen-bond acceptors (Lipinski definition) is 3. The molecule has 0 fully saturated rings. The van der Waals surface area contributed by atoms with Gasteiger partial charge < -0.3 is 10.1 Å². The van der Waals surface area contributed by atoms with Gasteiger partial charge in [0, 0.05) is 18.4 Å². The minimum atomic E-state index is -0.456. The maximum atomic E-state index is 12.0.